The number of hydrogen-bond acceptors (Lipinski definition) is 4. The Kier molecular flexibility index (Phi) is 3.09. The molecule has 0 aliphatic carbocycles. The summed E-state index contributed by atoms with van der Waals surface area (Å²) in [7, 11) is 3.90. The standard InChI is InChI=1S/C9H16N4O2/c1-9(2,13(3)4)5-10-8-11-6(14)7(15)12-8/h5H2,1-4H3,(H2,10,11,12,14,15). The second-order valence-corrected chi connectivity index (χ2v) is 4.28. The Balaban J connectivity index is 2.60. The fourth-order valence-corrected chi connectivity index (χ4v) is 0.853. The summed E-state index contributed by atoms with van der Waals surface area (Å²) in [6.45, 7) is 4.54. The van der Waals surface area contributed by atoms with Gasteiger partial charge in [0.15, 0.2) is 0 Å². The van der Waals surface area contributed by atoms with Crippen LogP contribution >= 0.6 is 0 Å². The van der Waals surface area contributed by atoms with Gasteiger partial charge >= 0.3 is 11.8 Å². The number of aliphatic imine (C=N–C) groups is 1. The maximum Gasteiger partial charge on any atom is 0.316 e. The number of carbonyl (C=O) groups excluding carboxylic acids is 2. The highest BCUT2D eigenvalue weighted by Gasteiger charge is 2.26. The summed E-state index contributed by atoms with van der Waals surface area (Å²) in [5.41, 5.74) is -0.120. The molecule has 2 amide bonds. The zero-order valence-corrected chi connectivity index (χ0v) is 9.42. The summed E-state index contributed by atoms with van der Waals surface area (Å²) < 4.78 is 0. The van der Waals surface area contributed by atoms with Gasteiger partial charge in [-0.25, -0.2) is 0 Å². The predicted molar refractivity (Wildman–Crippen MR) is 56.4 cm³/mol. The summed E-state index contributed by atoms with van der Waals surface area (Å²) in [4.78, 5) is 27.8. The van der Waals surface area contributed by atoms with Crippen molar-refractivity contribution in [3.8, 4) is 0 Å². The monoisotopic (exact) mass is 212 g/mol. The van der Waals surface area contributed by atoms with Gasteiger partial charge in [0.1, 0.15) is 0 Å². The van der Waals surface area contributed by atoms with E-state index in [1.165, 1.54) is 0 Å². The van der Waals surface area contributed by atoms with Gasteiger partial charge < -0.3 is 4.90 Å². The van der Waals surface area contributed by atoms with Crippen molar-refractivity contribution >= 4 is 17.8 Å². The lowest BCUT2D eigenvalue weighted by molar-refractivity contribution is -0.135. The smallest absolute Gasteiger partial charge is 0.302 e. The van der Waals surface area contributed by atoms with Crippen molar-refractivity contribution in [3.05, 3.63) is 0 Å². The molecule has 0 spiro atoms. The van der Waals surface area contributed by atoms with Gasteiger partial charge in [0.25, 0.3) is 0 Å². The molecule has 84 valence electrons. The molecular weight excluding hydrogens is 196 g/mol. The molecule has 0 radical (unpaired) electrons. The minimum Gasteiger partial charge on any atom is -0.302 e. The fraction of sp³-hybridized carbons (Fsp3) is 0.667. The Morgan fingerprint density at radius 2 is 1.67 bits per heavy atom. The molecule has 0 aromatic rings. The number of guanidine groups is 1. The lowest BCUT2D eigenvalue weighted by atomic mass is 10.1. The Morgan fingerprint density at radius 3 is 2.07 bits per heavy atom. The van der Waals surface area contributed by atoms with Gasteiger partial charge in [0, 0.05) is 5.54 Å². The number of hydrogen-bond donors (Lipinski definition) is 2. The van der Waals surface area contributed by atoms with Crippen LogP contribution < -0.4 is 10.6 Å². The number of amides is 2. The van der Waals surface area contributed by atoms with Gasteiger partial charge in [0.05, 0.1) is 6.54 Å². The minimum atomic E-state index is -0.656. The first-order chi connectivity index (χ1) is 6.83. The molecule has 1 aliphatic rings. The van der Waals surface area contributed by atoms with Crippen molar-refractivity contribution in [1.82, 2.24) is 15.5 Å². The van der Waals surface area contributed by atoms with Gasteiger partial charge in [-0.2, -0.15) is 0 Å². The fourth-order valence-electron chi connectivity index (χ4n) is 0.853. The molecule has 0 saturated carbocycles. The SMILES string of the molecule is CN(C)C(C)(C)CN=C1NC(=O)C(=O)N1. The minimum absolute atomic E-state index is 0.120. The second kappa shape index (κ2) is 3.98. The van der Waals surface area contributed by atoms with Crippen LogP contribution in [0.2, 0.25) is 0 Å². The number of likely N-dealkylation sites (N-methyl/N-ethyl adjacent to an activating group) is 1. The number of nitrogens with one attached hydrogen (secondary N) is 2. The first-order valence-corrected chi connectivity index (χ1v) is 4.67. The summed E-state index contributed by atoms with van der Waals surface area (Å²) in [6.07, 6.45) is 0. The van der Waals surface area contributed by atoms with E-state index in [-0.39, 0.29) is 11.5 Å². The quantitative estimate of drug-likeness (QED) is 0.585. The van der Waals surface area contributed by atoms with Gasteiger partial charge in [-0.15, -0.1) is 0 Å². The molecule has 1 fully saturated rings. The van der Waals surface area contributed by atoms with E-state index in [0.717, 1.165) is 0 Å². The average Bonchev–Trinajstić information content (AvgIpc) is 2.43. The largest absolute Gasteiger partial charge is 0.316 e. The first-order valence-electron chi connectivity index (χ1n) is 4.67. The van der Waals surface area contributed by atoms with Crippen molar-refractivity contribution in [2.45, 2.75) is 19.4 Å². The average molecular weight is 212 g/mol. The highest BCUT2D eigenvalue weighted by atomic mass is 16.2. The Labute approximate surface area is 88.7 Å². The number of nitrogens with zero attached hydrogens (tertiary/aromatic N) is 2. The van der Waals surface area contributed by atoms with Crippen LogP contribution in [0.1, 0.15) is 13.8 Å². The zero-order valence-electron chi connectivity index (χ0n) is 9.42. The lowest BCUT2D eigenvalue weighted by Crippen LogP contribution is -2.42. The molecule has 0 aromatic heterocycles. The summed E-state index contributed by atoms with van der Waals surface area (Å²) in [5, 5.41) is 4.69. The molecule has 6 heteroatoms. The van der Waals surface area contributed by atoms with Crippen LogP contribution in [0.25, 0.3) is 0 Å². The molecule has 1 saturated heterocycles. The van der Waals surface area contributed by atoms with Gasteiger partial charge in [-0.05, 0) is 27.9 Å². The van der Waals surface area contributed by atoms with Crippen molar-refractivity contribution < 1.29 is 9.59 Å². The van der Waals surface area contributed by atoms with E-state index >= 15 is 0 Å². The van der Waals surface area contributed by atoms with Crippen LogP contribution in [0, 0.1) is 0 Å². The third-order valence-corrected chi connectivity index (χ3v) is 2.50. The van der Waals surface area contributed by atoms with Crippen molar-refractivity contribution in [2.24, 2.45) is 4.99 Å². The van der Waals surface area contributed by atoms with Crippen LogP contribution in [0.4, 0.5) is 0 Å². The Morgan fingerprint density at radius 1 is 1.20 bits per heavy atom. The van der Waals surface area contributed by atoms with E-state index in [9.17, 15) is 9.59 Å². The molecular formula is C9H16N4O2. The van der Waals surface area contributed by atoms with E-state index in [4.69, 9.17) is 0 Å². The molecule has 1 rings (SSSR count). The van der Waals surface area contributed by atoms with Crippen molar-refractivity contribution in [1.29, 1.82) is 0 Å². The third-order valence-electron chi connectivity index (χ3n) is 2.50. The normalized spacial score (nSPS) is 16.7. The molecule has 2 N–H and O–H groups in total. The van der Waals surface area contributed by atoms with Gasteiger partial charge in [-0.1, -0.05) is 0 Å². The maximum atomic E-state index is 10.8. The molecule has 6 nitrogen and oxygen atoms in total. The molecule has 0 unspecified atom stereocenters. The van der Waals surface area contributed by atoms with E-state index in [0.29, 0.717) is 6.54 Å². The van der Waals surface area contributed by atoms with Crippen LogP contribution in [0.3, 0.4) is 0 Å². The molecule has 0 bridgehead atoms. The summed E-state index contributed by atoms with van der Waals surface area (Å²) in [6, 6.07) is 0. The Bertz CT molecular complexity index is 302. The van der Waals surface area contributed by atoms with E-state index in [1.54, 1.807) is 0 Å². The van der Waals surface area contributed by atoms with Gasteiger partial charge in [-0.3, -0.25) is 25.2 Å². The van der Waals surface area contributed by atoms with Crippen molar-refractivity contribution in [2.75, 3.05) is 20.6 Å². The summed E-state index contributed by atoms with van der Waals surface area (Å²) >= 11 is 0. The molecule has 1 heterocycles. The van der Waals surface area contributed by atoms with E-state index in [2.05, 4.69) is 15.6 Å². The first kappa shape index (κ1) is 11.6. The van der Waals surface area contributed by atoms with Gasteiger partial charge in [0.2, 0.25) is 5.96 Å². The van der Waals surface area contributed by atoms with Crippen LogP contribution in [0.5, 0.6) is 0 Å². The highest BCUT2D eigenvalue weighted by Crippen LogP contribution is 2.09. The van der Waals surface area contributed by atoms with E-state index in [1.807, 2.05) is 32.8 Å². The highest BCUT2D eigenvalue weighted by molar-refractivity contribution is 6.45. The van der Waals surface area contributed by atoms with Crippen molar-refractivity contribution in [3.63, 3.8) is 0 Å². The summed E-state index contributed by atoms with van der Waals surface area (Å²) in [5.74, 6) is -1.08. The Hall–Kier alpha value is -1.43. The number of carbonyl (C=O) groups is 2. The molecule has 15 heavy (non-hydrogen) atoms. The lowest BCUT2D eigenvalue weighted by Gasteiger charge is -2.30. The number of rotatable bonds is 3. The molecule has 0 atom stereocenters. The van der Waals surface area contributed by atoms with Crippen LogP contribution in [-0.4, -0.2) is 48.9 Å². The third kappa shape index (κ3) is 2.76. The predicted octanol–water partition coefficient (Wildman–Crippen LogP) is -1.07. The molecule has 1 aliphatic heterocycles. The van der Waals surface area contributed by atoms with Crippen LogP contribution in [0.15, 0.2) is 4.99 Å². The maximum absolute atomic E-state index is 10.8. The zero-order chi connectivity index (χ0) is 11.6. The second-order valence-electron chi connectivity index (χ2n) is 4.28. The van der Waals surface area contributed by atoms with Crippen LogP contribution in [-0.2, 0) is 9.59 Å². The van der Waals surface area contributed by atoms with E-state index < -0.39 is 11.8 Å². The molecule has 0 aromatic carbocycles. The topological polar surface area (TPSA) is 73.8 Å².